The summed E-state index contributed by atoms with van der Waals surface area (Å²) in [5.74, 6) is -0.745. The van der Waals surface area contributed by atoms with Crippen LogP contribution in [0.4, 0.5) is 5.69 Å². The van der Waals surface area contributed by atoms with E-state index < -0.39 is 17.7 Å². The van der Waals surface area contributed by atoms with Crippen molar-refractivity contribution in [3.63, 3.8) is 0 Å². The third-order valence-electron chi connectivity index (χ3n) is 3.90. The summed E-state index contributed by atoms with van der Waals surface area (Å²) in [6, 6.07) is 10.7. The molecular formula is C21H21BrIN3O4. The largest absolute Gasteiger partial charge is 0.493 e. The Morgan fingerprint density at radius 3 is 2.70 bits per heavy atom. The molecule has 2 rings (SSSR count). The predicted octanol–water partition coefficient (Wildman–Crippen LogP) is 4.35. The summed E-state index contributed by atoms with van der Waals surface area (Å²) in [6.45, 7) is 5.49. The lowest BCUT2D eigenvalue weighted by Crippen LogP contribution is -2.34. The smallest absolute Gasteiger partial charge is 0.252 e. The van der Waals surface area contributed by atoms with Gasteiger partial charge in [0, 0.05) is 4.47 Å². The van der Waals surface area contributed by atoms with Gasteiger partial charge < -0.3 is 14.8 Å². The minimum absolute atomic E-state index is 0.357. The van der Waals surface area contributed by atoms with Crippen molar-refractivity contribution >= 4 is 62.2 Å². The quantitative estimate of drug-likeness (QED) is 0.151. The zero-order valence-electron chi connectivity index (χ0n) is 16.4. The van der Waals surface area contributed by atoms with Crippen LogP contribution in [0, 0.1) is 9.49 Å². The first-order valence-corrected chi connectivity index (χ1v) is 10.7. The third-order valence-corrected chi connectivity index (χ3v) is 5.40. The summed E-state index contributed by atoms with van der Waals surface area (Å²) < 4.78 is 12.5. The second-order valence-electron chi connectivity index (χ2n) is 6.06. The van der Waals surface area contributed by atoms with Gasteiger partial charge in [-0.25, -0.2) is 5.43 Å². The standard InChI is InChI=1S/C21H21BrIN3O4/c1-4-9-30-19-16(23)10-14(11-18(19)29-3)12-24-26-21(28)13(2)20(27)25-17-8-6-5-7-15(17)22/h4-8,10-13H,1,9H2,2-3H3,(H,25,27)(H,26,28). The molecule has 30 heavy (non-hydrogen) atoms. The van der Waals surface area contributed by atoms with Gasteiger partial charge in [-0.05, 0) is 75.3 Å². The highest BCUT2D eigenvalue weighted by Gasteiger charge is 2.21. The fourth-order valence-corrected chi connectivity index (χ4v) is 3.45. The van der Waals surface area contributed by atoms with E-state index in [-0.39, 0.29) is 0 Å². The maximum atomic E-state index is 12.3. The Kier molecular flexibility index (Phi) is 9.31. The minimum atomic E-state index is -0.932. The highest BCUT2D eigenvalue weighted by Crippen LogP contribution is 2.33. The number of carbonyl (C=O) groups is 2. The van der Waals surface area contributed by atoms with Crippen LogP contribution in [-0.4, -0.2) is 31.7 Å². The molecule has 0 heterocycles. The topological polar surface area (TPSA) is 89.0 Å². The molecule has 0 radical (unpaired) electrons. The van der Waals surface area contributed by atoms with Gasteiger partial charge in [0.1, 0.15) is 12.5 Å². The normalized spacial score (nSPS) is 11.6. The number of rotatable bonds is 9. The van der Waals surface area contributed by atoms with Crippen molar-refractivity contribution in [1.82, 2.24) is 5.43 Å². The van der Waals surface area contributed by atoms with E-state index >= 15 is 0 Å². The van der Waals surface area contributed by atoms with Crippen molar-refractivity contribution < 1.29 is 19.1 Å². The van der Waals surface area contributed by atoms with Crippen molar-refractivity contribution in [3.05, 3.63) is 62.7 Å². The number of benzene rings is 2. The number of hydrogen-bond donors (Lipinski definition) is 2. The molecule has 1 atom stereocenters. The summed E-state index contributed by atoms with van der Waals surface area (Å²) in [4.78, 5) is 24.6. The molecule has 0 bridgehead atoms. The SMILES string of the molecule is C=CCOc1c(I)cc(C=NNC(=O)C(C)C(=O)Nc2ccccc2Br)cc1OC. The lowest BCUT2D eigenvalue weighted by Gasteiger charge is -2.12. The van der Waals surface area contributed by atoms with Crippen LogP contribution in [0.25, 0.3) is 0 Å². The Balaban J connectivity index is 2.01. The van der Waals surface area contributed by atoms with Gasteiger partial charge in [-0.2, -0.15) is 5.10 Å². The van der Waals surface area contributed by atoms with E-state index in [1.54, 1.807) is 37.5 Å². The molecule has 2 aromatic carbocycles. The molecule has 2 aromatic rings. The average molecular weight is 586 g/mol. The van der Waals surface area contributed by atoms with E-state index in [1.807, 2.05) is 12.1 Å². The number of anilines is 1. The van der Waals surface area contributed by atoms with Crippen LogP contribution in [0.5, 0.6) is 11.5 Å². The number of nitrogens with zero attached hydrogens (tertiary/aromatic N) is 1. The van der Waals surface area contributed by atoms with E-state index in [0.29, 0.717) is 29.4 Å². The van der Waals surface area contributed by atoms with Crippen LogP contribution < -0.4 is 20.2 Å². The van der Waals surface area contributed by atoms with Crippen molar-refractivity contribution in [2.24, 2.45) is 11.0 Å². The van der Waals surface area contributed by atoms with E-state index in [1.165, 1.54) is 13.1 Å². The van der Waals surface area contributed by atoms with Gasteiger partial charge in [0.2, 0.25) is 5.91 Å². The Labute approximate surface area is 197 Å². The van der Waals surface area contributed by atoms with Gasteiger partial charge in [0.25, 0.3) is 5.91 Å². The fourth-order valence-electron chi connectivity index (χ4n) is 2.29. The van der Waals surface area contributed by atoms with Crippen LogP contribution in [0.3, 0.4) is 0 Å². The second kappa shape index (κ2) is 11.7. The van der Waals surface area contributed by atoms with Gasteiger partial charge >= 0.3 is 0 Å². The molecule has 0 aliphatic carbocycles. The van der Waals surface area contributed by atoms with Gasteiger partial charge in [-0.3, -0.25) is 9.59 Å². The number of halogens is 2. The van der Waals surface area contributed by atoms with Crippen LogP contribution in [-0.2, 0) is 9.59 Å². The fraction of sp³-hybridized carbons (Fsp3) is 0.190. The van der Waals surface area contributed by atoms with E-state index in [4.69, 9.17) is 9.47 Å². The van der Waals surface area contributed by atoms with Crippen LogP contribution >= 0.6 is 38.5 Å². The number of para-hydroxylation sites is 1. The first-order valence-electron chi connectivity index (χ1n) is 8.87. The molecule has 0 aliphatic heterocycles. The second-order valence-corrected chi connectivity index (χ2v) is 8.08. The summed E-state index contributed by atoms with van der Waals surface area (Å²) in [6.07, 6.45) is 3.12. The third kappa shape index (κ3) is 6.56. The van der Waals surface area contributed by atoms with Crippen LogP contribution in [0.15, 0.2) is 58.6 Å². The molecule has 0 aromatic heterocycles. The Morgan fingerprint density at radius 1 is 1.30 bits per heavy atom. The van der Waals surface area contributed by atoms with Gasteiger partial charge in [-0.1, -0.05) is 24.8 Å². The predicted molar refractivity (Wildman–Crippen MR) is 129 cm³/mol. The van der Waals surface area contributed by atoms with Crippen molar-refractivity contribution in [1.29, 1.82) is 0 Å². The number of ether oxygens (including phenoxy) is 2. The number of amides is 2. The Morgan fingerprint density at radius 2 is 2.03 bits per heavy atom. The van der Waals surface area contributed by atoms with Crippen molar-refractivity contribution in [3.8, 4) is 11.5 Å². The lowest BCUT2D eigenvalue weighted by atomic mass is 10.1. The molecule has 0 aliphatic rings. The first kappa shape index (κ1) is 23.9. The summed E-state index contributed by atoms with van der Waals surface area (Å²) >= 11 is 5.48. The number of hydrazone groups is 1. The molecule has 9 heteroatoms. The molecule has 7 nitrogen and oxygen atoms in total. The Hall–Kier alpha value is -2.40. The molecule has 2 amide bonds. The maximum Gasteiger partial charge on any atom is 0.252 e. The monoisotopic (exact) mass is 585 g/mol. The molecule has 1 unspecified atom stereocenters. The summed E-state index contributed by atoms with van der Waals surface area (Å²) in [5, 5.41) is 6.66. The molecule has 0 saturated carbocycles. The highest BCUT2D eigenvalue weighted by atomic mass is 127. The summed E-state index contributed by atoms with van der Waals surface area (Å²) in [5.41, 5.74) is 3.68. The molecule has 0 saturated heterocycles. The summed E-state index contributed by atoms with van der Waals surface area (Å²) in [7, 11) is 1.54. The maximum absolute atomic E-state index is 12.3. The number of nitrogens with one attached hydrogen (secondary N) is 2. The number of carbonyl (C=O) groups excluding carboxylic acids is 2. The highest BCUT2D eigenvalue weighted by molar-refractivity contribution is 14.1. The molecule has 0 fully saturated rings. The first-order chi connectivity index (χ1) is 14.4. The average Bonchev–Trinajstić information content (AvgIpc) is 2.73. The van der Waals surface area contributed by atoms with E-state index in [0.717, 1.165) is 8.04 Å². The van der Waals surface area contributed by atoms with E-state index in [2.05, 4.69) is 60.9 Å². The molecule has 2 N–H and O–H groups in total. The lowest BCUT2D eigenvalue weighted by molar-refractivity contribution is -0.131. The number of methoxy groups -OCH3 is 1. The Bertz CT molecular complexity index is 965. The van der Waals surface area contributed by atoms with Crippen LogP contribution in [0.1, 0.15) is 12.5 Å². The molecule has 158 valence electrons. The van der Waals surface area contributed by atoms with E-state index in [9.17, 15) is 9.59 Å². The van der Waals surface area contributed by atoms with Crippen LogP contribution in [0.2, 0.25) is 0 Å². The van der Waals surface area contributed by atoms with Gasteiger partial charge in [0.15, 0.2) is 11.5 Å². The zero-order valence-corrected chi connectivity index (χ0v) is 20.2. The minimum Gasteiger partial charge on any atom is -0.493 e. The van der Waals surface area contributed by atoms with Gasteiger partial charge in [0.05, 0.1) is 22.6 Å². The molecular weight excluding hydrogens is 565 g/mol. The van der Waals surface area contributed by atoms with Gasteiger partial charge in [-0.15, -0.1) is 0 Å². The van der Waals surface area contributed by atoms with Crippen molar-refractivity contribution in [2.75, 3.05) is 19.0 Å². The molecule has 0 spiro atoms. The number of hydrogen-bond acceptors (Lipinski definition) is 5. The van der Waals surface area contributed by atoms with Crippen molar-refractivity contribution in [2.45, 2.75) is 6.92 Å². The zero-order chi connectivity index (χ0) is 22.1.